The van der Waals surface area contributed by atoms with Crippen LogP contribution in [0.25, 0.3) is 0 Å². The molecule has 0 aliphatic carbocycles. The summed E-state index contributed by atoms with van der Waals surface area (Å²) in [6.45, 7) is 4.40. The number of carboxylic acid groups (broad SMARTS) is 1. The highest BCUT2D eigenvalue weighted by molar-refractivity contribution is 5.79. The van der Waals surface area contributed by atoms with Gasteiger partial charge in [-0.25, -0.2) is 0 Å². The number of amides is 1. The second-order valence-corrected chi connectivity index (χ2v) is 5.96. The van der Waals surface area contributed by atoms with Crippen LogP contribution in [0, 0.1) is 5.92 Å². The third-order valence-electron chi connectivity index (χ3n) is 4.07. The Morgan fingerprint density at radius 1 is 1.36 bits per heavy atom. The van der Waals surface area contributed by atoms with Gasteiger partial charge >= 0.3 is 5.97 Å². The Morgan fingerprint density at radius 2 is 2.00 bits per heavy atom. The summed E-state index contributed by atoms with van der Waals surface area (Å²) in [6, 6.07) is 2.95. The zero-order chi connectivity index (χ0) is 15.9. The van der Waals surface area contributed by atoms with E-state index in [1.54, 1.807) is 24.5 Å². The van der Waals surface area contributed by atoms with Gasteiger partial charge in [-0.2, -0.15) is 0 Å². The molecule has 2 N–H and O–H groups in total. The molecule has 1 aliphatic heterocycles. The van der Waals surface area contributed by atoms with E-state index in [1.165, 1.54) is 0 Å². The van der Waals surface area contributed by atoms with Crippen LogP contribution >= 0.6 is 0 Å². The van der Waals surface area contributed by atoms with Gasteiger partial charge in [0.05, 0.1) is 19.0 Å². The highest BCUT2D eigenvalue weighted by Crippen LogP contribution is 2.17. The SMILES string of the molecule is CC1CCN(CC(=O)NC(CC(=O)O)c2ccncc2)CC1. The third kappa shape index (κ3) is 5.11. The van der Waals surface area contributed by atoms with E-state index in [-0.39, 0.29) is 12.3 Å². The van der Waals surface area contributed by atoms with Crippen LogP contribution in [0.4, 0.5) is 0 Å². The summed E-state index contributed by atoms with van der Waals surface area (Å²) < 4.78 is 0. The molecule has 1 saturated heterocycles. The van der Waals surface area contributed by atoms with Crippen molar-refractivity contribution in [2.45, 2.75) is 32.2 Å². The first-order valence-electron chi connectivity index (χ1n) is 7.68. The number of hydrogen-bond donors (Lipinski definition) is 2. The predicted molar refractivity (Wildman–Crippen MR) is 82.2 cm³/mol. The Bertz CT molecular complexity index is 499. The minimum atomic E-state index is -0.936. The first-order valence-corrected chi connectivity index (χ1v) is 7.68. The zero-order valence-electron chi connectivity index (χ0n) is 12.9. The molecule has 0 bridgehead atoms. The molecule has 1 atom stereocenters. The van der Waals surface area contributed by atoms with Gasteiger partial charge in [-0.3, -0.25) is 19.5 Å². The average molecular weight is 305 g/mol. The van der Waals surface area contributed by atoms with E-state index < -0.39 is 12.0 Å². The van der Waals surface area contributed by atoms with Crippen LogP contribution in [0.2, 0.25) is 0 Å². The molecule has 120 valence electrons. The van der Waals surface area contributed by atoms with Crippen molar-refractivity contribution in [2.24, 2.45) is 5.92 Å². The first kappa shape index (κ1) is 16.4. The largest absolute Gasteiger partial charge is 0.481 e. The normalized spacial score (nSPS) is 17.9. The minimum Gasteiger partial charge on any atom is -0.481 e. The van der Waals surface area contributed by atoms with Gasteiger partial charge in [-0.15, -0.1) is 0 Å². The third-order valence-corrected chi connectivity index (χ3v) is 4.07. The summed E-state index contributed by atoms with van der Waals surface area (Å²) in [7, 11) is 0. The zero-order valence-corrected chi connectivity index (χ0v) is 12.9. The van der Waals surface area contributed by atoms with Crippen molar-refractivity contribution in [1.29, 1.82) is 0 Å². The monoisotopic (exact) mass is 305 g/mol. The average Bonchev–Trinajstić information content (AvgIpc) is 2.49. The number of carboxylic acids is 1. The van der Waals surface area contributed by atoms with Crippen molar-refractivity contribution < 1.29 is 14.7 Å². The van der Waals surface area contributed by atoms with Gasteiger partial charge in [0, 0.05) is 12.4 Å². The second-order valence-electron chi connectivity index (χ2n) is 5.96. The van der Waals surface area contributed by atoms with E-state index >= 15 is 0 Å². The van der Waals surface area contributed by atoms with Gasteiger partial charge in [0.15, 0.2) is 0 Å². The first-order chi connectivity index (χ1) is 10.5. The molecule has 0 saturated carbocycles. The molecule has 22 heavy (non-hydrogen) atoms. The van der Waals surface area contributed by atoms with Crippen LogP contribution in [0.5, 0.6) is 0 Å². The number of carbonyl (C=O) groups excluding carboxylic acids is 1. The molecule has 6 nitrogen and oxygen atoms in total. The van der Waals surface area contributed by atoms with Crippen LogP contribution in [0.3, 0.4) is 0 Å². The fourth-order valence-electron chi connectivity index (χ4n) is 2.69. The Hall–Kier alpha value is -1.95. The highest BCUT2D eigenvalue weighted by atomic mass is 16.4. The summed E-state index contributed by atoms with van der Waals surface area (Å²) in [5.41, 5.74) is 0.762. The lowest BCUT2D eigenvalue weighted by Crippen LogP contribution is -2.42. The van der Waals surface area contributed by atoms with Gasteiger partial charge < -0.3 is 10.4 Å². The summed E-state index contributed by atoms with van der Waals surface area (Å²) in [4.78, 5) is 29.3. The molecular formula is C16H23N3O3. The molecule has 1 aliphatic rings. The van der Waals surface area contributed by atoms with Gasteiger partial charge in [0.25, 0.3) is 0 Å². The predicted octanol–water partition coefficient (Wildman–Crippen LogP) is 1.45. The molecule has 6 heteroatoms. The van der Waals surface area contributed by atoms with Crippen molar-refractivity contribution in [3.05, 3.63) is 30.1 Å². The molecule has 0 aromatic carbocycles. The van der Waals surface area contributed by atoms with Crippen molar-refractivity contribution in [1.82, 2.24) is 15.2 Å². The number of carbonyl (C=O) groups is 2. The van der Waals surface area contributed by atoms with Gasteiger partial charge in [-0.05, 0) is 49.5 Å². The van der Waals surface area contributed by atoms with Gasteiger partial charge in [0.2, 0.25) is 5.91 Å². The standard InChI is InChI=1S/C16H23N3O3/c1-12-4-8-19(9-5-12)11-15(20)18-14(10-16(21)22)13-2-6-17-7-3-13/h2-3,6-7,12,14H,4-5,8-11H2,1H3,(H,18,20)(H,21,22). The maximum absolute atomic E-state index is 12.2. The smallest absolute Gasteiger partial charge is 0.305 e. The molecule has 1 amide bonds. The number of nitrogens with one attached hydrogen (secondary N) is 1. The Labute approximate surface area is 130 Å². The Balaban J connectivity index is 1.92. The second kappa shape index (κ2) is 7.89. The lowest BCUT2D eigenvalue weighted by atomic mass is 9.99. The van der Waals surface area contributed by atoms with Crippen molar-refractivity contribution in [3.8, 4) is 0 Å². The van der Waals surface area contributed by atoms with Crippen LogP contribution in [-0.4, -0.2) is 46.5 Å². The van der Waals surface area contributed by atoms with Crippen LogP contribution in [0.15, 0.2) is 24.5 Å². The van der Waals surface area contributed by atoms with E-state index in [2.05, 4.69) is 22.1 Å². The lowest BCUT2D eigenvalue weighted by Gasteiger charge is -2.30. The molecule has 1 aromatic rings. The molecule has 1 fully saturated rings. The molecule has 0 radical (unpaired) electrons. The minimum absolute atomic E-state index is 0.127. The topological polar surface area (TPSA) is 82.5 Å². The highest BCUT2D eigenvalue weighted by Gasteiger charge is 2.21. The molecule has 2 heterocycles. The number of likely N-dealkylation sites (tertiary alicyclic amines) is 1. The van der Waals surface area contributed by atoms with Gasteiger partial charge in [0.1, 0.15) is 0 Å². The van der Waals surface area contributed by atoms with Crippen LogP contribution in [-0.2, 0) is 9.59 Å². The number of hydrogen-bond acceptors (Lipinski definition) is 4. The molecule has 2 rings (SSSR count). The summed E-state index contributed by atoms with van der Waals surface area (Å²) >= 11 is 0. The van der Waals surface area contributed by atoms with E-state index in [9.17, 15) is 9.59 Å². The number of rotatable bonds is 6. The van der Waals surface area contributed by atoms with Crippen LogP contribution in [0.1, 0.15) is 37.8 Å². The van der Waals surface area contributed by atoms with E-state index in [4.69, 9.17) is 5.11 Å². The maximum atomic E-state index is 12.2. The molecule has 1 unspecified atom stereocenters. The number of piperidine rings is 1. The number of nitrogens with zero attached hydrogens (tertiary/aromatic N) is 2. The molecular weight excluding hydrogens is 282 g/mol. The van der Waals surface area contributed by atoms with E-state index in [0.717, 1.165) is 37.4 Å². The molecule has 0 spiro atoms. The lowest BCUT2D eigenvalue weighted by molar-refractivity contribution is -0.137. The quantitative estimate of drug-likeness (QED) is 0.831. The van der Waals surface area contributed by atoms with E-state index in [0.29, 0.717) is 6.54 Å². The number of aromatic nitrogens is 1. The molecule has 1 aromatic heterocycles. The van der Waals surface area contributed by atoms with Crippen molar-refractivity contribution in [3.63, 3.8) is 0 Å². The number of aliphatic carboxylic acids is 1. The number of pyridine rings is 1. The summed E-state index contributed by atoms with van der Waals surface area (Å²) in [5, 5.41) is 11.9. The van der Waals surface area contributed by atoms with Crippen LogP contribution < -0.4 is 5.32 Å². The Morgan fingerprint density at radius 3 is 2.59 bits per heavy atom. The summed E-state index contributed by atoms with van der Waals surface area (Å²) in [6.07, 6.45) is 5.28. The van der Waals surface area contributed by atoms with Crippen molar-refractivity contribution >= 4 is 11.9 Å². The maximum Gasteiger partial charge on any atom is 0.305 e. The van der Waals surface area contributed by atoms with Gasteiger partial charge in [-0.1, -0.05) is 6.92 Å². The fourth-order valence-corrected chi connectivity index (χ4v) is 2.69. The Kier molecular flexibility index (Phi) is 5.89. The van der Waals surface area contributed by atoms with Crippen molar-refractivity contribution in [2.75, 3.05) is 19.6 Å². The van der Waals surface area contributed by atoms with E-state index in [1.807, 2.05) is 0 Å². The summed E-state index contributed by atoms with van der Waals surface area (Å²) in [5.74, 6) is -0.345. The fraction of sp³-hybridized carbons (Fsp3) is 0.562.